The Morgan fingerprint density at radius 1 is 1.15 bits per heavy atom. The van der Waals surface area contributed by atoms with Gasteiger partial charge in [-0.3, -0.25) is 4.79 Å². The molecule has 20 heavy (non-hydrogen) atoms. The standard InChI is InChI=1S/C15H22N2O2S/c18-13-8-4-1-5-11(13)9-15-16-14(17-19-15)10-20-12-6-2-3-7-12/h11-12H,1-10H2. The van der Waals surface area contributed by atoms with Gasteiger partial charge in [0.2, 0.25) is 5.89 Å². The van der Waals surface area contributed by atoms with Gasteiger partial charge < -0.3 is 4.52 Å². The van der Waals surface area contributed by atoms with E-state index in [1.165, 1.54) is 25.7 Å². The number of carbonyl (C=O) groups is 1. The Morgan fingerprint density at radius 2 is 1.95 bits per heavy atom. The molecule has 0 N–H and O–H groups in total. The van der Waals surface area contributed by atoms with Crippen LogP contribution in [0.4, 0.5) is 0 Å². The Kier molecular flexibility index (Phi) is 4.76. The van der Waals surface area contributed by atoms with Crippen molar-refractivity contribution >= 4 is 17.5 Å². The van der Waals surface area contributed by atoms with Crippen LogP contribution in [0.1, 0.15) is 63.1 Å². The van der Waals surface area contributed by atoms with Crippen LogP contribution in [0.15, 0.2) is 4.52 Å². The first kappa shape index (κ1) is 14.1. The summed E-state index contributed by atoms with van der Waals surface area (Å²) in [6, 6.07) is 0. The van der Waals surface area contributed by atoms with Gasteiger partial charge in [0, 0.05) is 24.0 Å². The average molecular weight is 294 g/mol. The minimum atomic E-state index is 0.111. The molecule has 0 radical (unpaired) electrons. The smallest absolute Gasteiger partial charge is 0.227 e. The van der Waals surface area contributed by atoms with Gasteiger partial charge in [0.25, 0.3) is 0 Å². The molecule has 0 spiro atoms. The molecule has 0 aliphatic heterocycles. The fourth-order valence-electron chi connectivity index (χ4n) is 3.16. The number of nitrogens with zero attached hydrogens (tertiary/aromatic N) is 2. The van der Waals surface area contributed by atoms with E-state index in [0.29, 0.717) is 18.1 Å². The summed E-state index contributed by atoms with van der Waals surface area (Å²) in [7, 11) is 0. The zero-order chi connectivity index (χ0) is 13.8. The zero-order valence-electron chi connectivity index (χ0n) is 11.8. The van der Waals surface area contributed by atoms with Crippen LogP contribution in [0.5, 0.6) is 0 Å². The number of hydrogen-bond donors (Lipinski definition) is 0. The predicted octanol–water partition coefficient (Wildman–Crippen LogP) is 3.55. The highest BCUT2D eigenvalue weighted by Crippen LogP contribution is 2.31. The first-order valence-corrected chi connectivity index (χ1v) is 8.82. The van der Waals surface area contributed by atoms with Crippen molar-refractivity contribution in [3.05, 3.63) is 11.7 Å². The summed E-state index contributed by atoms with van der Waals surface area (Å²) >= 11 is 1.95. The summed E-state index contributed by atoms with van der Waals surface area (Å²) in [6.07, 6.45) is 9.91. The number of Topliss-reactive ketones (excluding diaryl/α,β-unsaturated/α-hetero) is 1. The van der Waals surface area contributed by atoms with Crippen molar-refractivity contribution in [2.45, 2.75) is 68.8 Å². The van der Waals surface area contributed by atoms with E-state index in [1.807, 2.05) is 11.8 Å². The first-order valence-electron chi connectivity index (χ1n) is 7.77. The fraction of sp³-hybridized carbons (Fsp3) is 0.800. The maximum absolute atomic E-state index is 11.8. The second-order valence-electron chi connectivity index (χ2n) is 5.93. The van der Waals surface area contributed by atoms with Crippen LogP contribution in [0.2, 0.25) is 0 Å². The van der Waals surface area contributed by atoms with Crippen LogP contribution in [0.25, 0.3) is 0 Å². The van der Waals surface area contributed by atoms with E-state index in [1.54, 1.807) is 0 Å². The third-order valence-electron chi connectivity index (χ3n) is 4.36. The molecule has 0 aromatic carbocycles. The molecule has 1 atom stereocenters. The third kappa shape index (κ3) is 3.62. The maximum atomic E-state index is 11.8. The Labute approximate surface area is 124 Å². The number of carbonyl (C=O) groups excluding carboxylic acids is 1. The molecular weight excluding hydrogens is 272 g/mol. The quantitative estimate of drug-likeness (QED) is 0.831. The van der Waals surface area contributed by atoms with E-state index in [2.05, 4.69) is 10.1 Å². The normalized spacial score (nSPS) is 24.4. The summed E-state index contributed by atoms with van der Waals surface area (Å²) in [5.74, 6) is 2.76. The minimum absolute atomic E-state index is 0.111. The molecule has 3 rings (SSSR count). The molecule has 1 aromatic heterocycles. The van der Waals surface area contributed by atoms with Crippen LogP contribution >= 0.6 is 11.8 Å². The Morgan fingerprint density at radius 3 is 2.75 bits per heavy atom. The number of rotatable bonds is 5. The zero-order valence-corrected chi connectivity index (χ0v) is 12.7. The molecule has 1 heterocycles. The fourth-order valence-corrected chi connectivity index (χ4v) is 4.33. The molecule has 0 saturated heterocycles. The largest absolute Gasteiger partial charge is 0.339 e. The van der Waals surface area contributed by atoms with Crippen molar-refractivity contribution < 1.29 is 9.32 Å². The second-order valence-corrected chi connectivity index (χ2v) is 7.22. The van der Waals surface area contributed by atoms with Crippen LogP contribution in [-0.2, 0) is 17.0 Å². The minimum Gasteiger partial charge on any atom is -0.339 e. The van der Waals surface area contributed by atoms with Gasteiger partial charge in [0.05, 0.1) is 5.75 Å². The molecule has 110 valence electrons. The lowest BCUT2D eigenvalue weighted by molar-refractivity contribution is -0.124. The van der Waals surface area contributed by atoms with Crippen LogP contribution < -0.4 is 0 Å². The third-order valence-corrected chi connectivity index (χ3v) is 5.73. The molecule has 1 aromatic rings. The van der Waals surface area contributed by atoms with Gasteiger partial charge >= 0.3 is 0 Å². The molecule has 5 heteroatoms. The molecule has 4 nitrogen and oxygen atoms in total. The highest BCUT2D eigenvalue weighted by Gasteiger charge is 2.25. The van der Waals surface area contributed by atoms with Crippen molar-refractivity contribution in [2.75, 3.05) is 0 Å². The van der Waals surface area contributed by atoms with Gasteiger partial charge in [-0.15, -0.1) is 0 Å². The molecule has 1 unspecified atom stereocenters. The van der Waals surface area contributed by atoms with Crippen LogP contribution in [0, 0.1) is 5.92 Å². The van der Waals surface area contributed by atoms with E-state index in [9.17, 15) is 4.79 Å². The lowest BCUT2D eigenvalue weighted by atomic mass is 9.86. The summed E-state index contributed by atoms with van der Waals surface area (Å²) in [4.78, 5) is 16.3. The van der Waals surface area contributed by atoms with Gasteiger partial charge in [0.1, 0.15) is 5.78 Å². The summed E-state index contributed by atoms with van der Waals surface area (Å²) in [5, 5.41) is 4.82. The molecule has 0 amide bonds. The molecule has 2 aliphatic carbocycles. The average Bonchev–Trinajstić information content (AvgIpc) is 3.10. The predicted molar refractivity (Wildman–Crippen MR) is 78.5 cm³/mol. The Bertz CT molecular complexity index is 454. The number of hydrogen-bond acceptors (Lipinski definition) is 5. The van der Waals surface area contributed by atoms with Crippen molar-refractivity contribution in [1.82, 2.24) is 10.1 Å². The van der Waals surface area contributed by atoms with Gasteiger partial charge in [0.15, 0.2) is 5.82 Å². The van der Waals surface area contributed by atoms with E-state index < -0.39 is 0 Å². The molecular formula is C15H22N2O2S. The molecule has 0 bridgehead atoms. The lowest BCUT2D eigenvalue weighted by Crippen LogP contribution is -2.21. The van der Waals surface area contributed by atoms with Gasteiger partial charge in [-0.2, -0.15) is 16.7 Å². The summed E-state index contributed by atoms with van der Waals surface area (Å²) in [6.45, 7) is 0. The van der Waals surface area contributed by atoms with E-state index in [4.69, 9.17) is 4.52 Å². The monoisotopic (exact) mass is 294 g/mol. The first-order chi connectivity index (χ1) is 9.81. The highest BCUT2D eigenvalue weighted by molar-refractivity contribution is 7.99. The highest BCUT2D eigenvalue weighted by atomic mass is 32.2. The van der Waals surface area contributed by atoms with E-state index in [0.717, 1.165) is 42.5 Å². The summed E-state index contributed by atoms with van der Waals surface area (Å²) < 4.78 is 5.30. The molecule has 2 aliphatic rings. The van der Waals surface area contributed by atoms with Crippen LogP contribution in [0.3, 0.4) is 0 Å². The van der Waals surface area contributed by atoms with Crippen molar-refractivity contribution in [1.29, 1.82) is 0 Å². The maximum Gasteiger partial charge on any atom is 0.227 e. The lowest BCUT2D eigenvalue weighted by Gasteiger charge is -2.18. The van der Waals surface area contributed by atoms with Crippen molar-refractivity contribution in [3.63, 3.8) is 0 Å². The number of ketones is 1. The Hall–Kier alpha value is -0.840. The topological polar surface area (TPSA) is 56.0 Å². The summed E-state index contributed by atoms with van der Waals surface area (Å²) in [5.41, 5.74) is 0. The van der Waals surface area contributed by atoms with Crippen molar-refractivity contribution in [2.24, 2.45) is 5.92 Å². The SMILES string of the molecule is O=C1CCCCC1Cc1nc(CSC2CCCC2)no1. The van der Waals surface area contributed by atoms with Crippen LogP contribution in [-0.4, -0.2) is 21.2 Å². The van der Waals surface area contributed by atoms with Gasteiger partial charge in [-0.25, -0.2) is 0 Å². The van der Waals surface area contributed by atoms with Gasteiger partial charge in [-0.05, 0) is 25.7 Å². The molecule has 2 saturated carbocycles. The Balaban J connectivity index is 1.49. The number of aromatic nitrogens is 2. The second kappa shape index (κ2) is 6.74. The van der Waals surface area contributed by atoms with Gasteiger partial charge in [-0.1, -0.05) is 24.4 Å². The molecule has 2 fully saturated rings. The van der Waals surface area contributed by atoms with Crippen molar-refractivity contribution in [3.8, 4) is 0 Å². The van der Waals surface area contributed by atoms with E-state index >= 15 is 0 Å². The number of thioether (sulfide) groups is 1. The van der Waals surface area contributed by atoms with E-state index in [-0.39, 0.29) is 5.92 Å².